The van der Waals surface area contributed by atoms with Gasteiger partial charge in [-0.05, 0) is 24.3 Å². The molecule has 0 saturated carbocycles. The van der Waals surface area contributed by atoms with Crippen molar-refractivity contribution in [1.82, 2.24) is 0 Å². The first-order valence-corrected chi connectivity index (χ1v) is 5.83. The van der Waals surface area contributed by atoms with Crippen molar-refractivity contribution >= 4 is 23.2 Å². The van der Waals surface area contributed by atoms with E-state index in [9.17, 15) is 5.11 Å². The number of benzene rings is 2. The lowest BCUT2D eigenvalue weighted by atomic mass is 9.96. The molecule has 0 amide bonds. The molecule has 0 aromatic heterocycles. The van der Waals surface area contributed by atoms with Gasteiger partial charge >= 0.3 is 0 Å². The molecule has 2 aromatic rings. The van der Waals surface area contributed by atoms with E-state index in [2.05, 4.69) is 0 Å². The highest BCUT2D eigenvalue weighted by atomic mass is 35.5. The molecular weight excluding hydrogens is 259 g/mol. The molecule has 3 rings (SSSR count). The summed E-state index contributed by atoms with van der Waals surface area (Å²) in [6.45, 7) is 0. The van der Waals surface area contributed by atoms with Gasteiger partial charge in [0.2, 0.25) is 0 Å². The summed E-state index contributed by atoms with van der Waals surface area (Å²) in [6, 6.07) is 12.1. The van der Waals surface area contributed by atoms with E-state index in [0.29, 0.717) is 27.6 Å². The first-order valence-electron chi connectivity index (χ1n) is 5.08. The van der Waals surface area contributed by atoms with Gasteiger partial charge in [0.15, 0.2) is 5.06 Å². The van der Waals surface area contributed by atoms with Crippen molar-refractivity contribution in [3.63, 3.8) is 0 Å². The molecule has 2 aromatic carbocycles. The van der Waals surface area contributed by atoms with Crippen LogP contribution in [0.25, 0.3) is 0 Å². The Bertz CT molecular complexity index is 594. The van der Waals surface area contributed by atoms with Gasteiger partial charge in [0.05, 0.1) is 0 Å². The zero-order chi connectivity index (χ0) is 12.0. The summed E-state index contributed by atoms with van der Waals surface area (Å²) in [5.74, 6) is 1.02. The summed E-state index contributed by atoms with van der Waals surface area (Å²) in [7, 11) is 0. The summed E-state index contributed by atoms with van der Waals surface area (Å²) in [5.41, 5.74) is 1.04. The van der Waals surface area contributed by atoms with Crippen LogP contribution in [0.15, 0.2) is 42.5 Å². The molecule has 0 radical (unpaired) electrons. The summed E-state index contributed by atoms with van der Waals surface area (Å²) in [4.78, 5) is 0. The minimum atomic E-state index is -1.57. The van der Waals surface area contributed by atoms with Gasteiger partial charge in [-0.1, -0.05) is 41.4 Å². The van der Waals surface area contributed by atoms with Crippen molar-refractivity contribution in [2.75, 3.05) is 0 Å². The molecule has 0 saturated heterocycles. The average molecular weight is 267 g/mol. The summed E-state index contributed by atoms with van der Waals surface area (Å²) in [5, 5.41) is 9.37. The second-order valence-electron chi connectivity index (χ2n) is 3.86. The first kappa shape index (κ1) is 10.9. The molecule has 0 aliphatic carbocycles. The molecule has 86 valence electrons. The minimum absolute atomic E-state index is 0.480. The highest BCUT2D eigenvalue weighted by Gasteiger charge is 2.38. The molecule has 4 heteroatoms. The molecule has 0 bridgehead atoms. The number of fused-ring (bicyclic) bond motifs is 2. The van der Waals surface area contributed by atoms with E-state index >= 15 is 0 Å². The van der Waals surface area contributed by atoms with E-state index in [-0.39, 0.29) is 0 Å². The van der Waals surface area contributed by atoms with E-state index in [4.69, 9.17) is 27.9 Å². The standard InChI is InChI=1S/C13H8Cl2O2/c14-8-5-6-10-12(7-8)17-11-4-2-1-3-9(11)13(10,15)16/h1-7,16H. The van der Waals surface area contributed by atoms with Crippen LogP contribution in [0.5, 0.6) is 11.5 Å². The van der Waals surface area contributed by atoms with Crippen LogP contribution in [0, 0.1) is 0 Å². The zero-order valence-electron chi connectivity index (χ0n) is 8.65. The quantitative estimate of drug-likeness (QED) is 0.734. The Kier molecular flexibility index (Phi) is 2.33. The number of alkyl halides is 1. The molecule has 1 N–H and O–H groups in total. The van der Waals surface area contributed by atoms with Crippen molar-refractivity contribution in [3.8, 4) is 11.5 Å². The number of hydrogen-bond acceptors (Lipinski definition) is 2. The van der Waals surface area contributed by atoms with Crippen molar-refractivity contribution in [2.45, 2.75) is 5.06 Å². The van der Waals surface area contributed by atoms with Gasteiger partial charge in [-0.3, -0.25) is 0 Å². The van der Waals surface area contributed by atoms with Crippen molar-refractivity contribution < 1.29 is 9.84 Å². The molecule has 1 atom stereocenters. The van der Waals surface area contributed by atoms with Gasteiger partial charge < -0.3 is 9.84 Å². The maximum atomic E-state index is 10.4. The highest BCUT2D eigenvalue weighted by Crippen LogP contribution is 2.49. The first-order chi connectivity index (χ1) is 8.09. The summed E-state index contributed by atoms with van der Waals surface area (Å²) < 4.78 is 5.66. The third-order valence-electron chi connectivity index (χ3n) is 2.76. The van der Waals surface area contributed by atoms with Crippen LogP contribution >= 0.6 is 23.2 Å². The van der Waals surface area contributed by atoms with Crippen LogP contribution < -0.4 is 4.74 Å². The largest absolute Gasteiger partial charge is 0.456 e. The molecule has 1 unspecified atom stereocenters. The van der Waals surface area contributed by atoms with Gasteiger partial charge in [-0.25, -0.2) is 0 Å². The lowest BCUT2D eigenvalue weighted by Gasteiger charge is -2.30. The second-order valence-corrected chi connectivity index (χ2v) is 4.84. The topological polar surface area (TPSA) is 29.5 Å². The molecule has 0 spiro atoms. The van der Waals surface area contributed by atoms with Crippen molar-refractivity contribution in [1.29, 1.82) is 0 Å². The Morgan fingerprint density at radius 3 is 2.53 bits per heavy atom. The lowest BCUT2D eigenvalue weighted by Crippen LogP contribution is -2.24. The minimum Gasteiger partial charge on any atom is -0.456 e. The Morgan fingerprint density at radius 2 is 1.71 bits per heavy atom. The van der Waals surface area contributed by atoms with Crippen LogP contribution in [0.1, 0.15) is 11.1 Å². The van der Waals surface area contributed by atoms with Crippen LogP contribution in [-0.2, 0) is 5.06 Å². The summed E-state index contributed by atoms with van der Waals surface area (Å²) >= 11 is 12.1. The molecular formula is C13H8Cl2O2. The molecule has 17 heavy (non-hydrogen) atoms. The fourth-order valence-electron chi connectivity index (χ4n) is 1.95. The van der Waals surface area contributed by atoms with Crippen LogP contribution in [0.3, 0.4) is 0 Å². The van der Waals surface area contributed by atoms with Crippen LogP contribution in [0.2, 0.25) is 5.02 Å². The SMILES string of the molecule is OC1(Cl)c2ccccc2Oc2cc(Cl)ccc21. The smallest absolute Gasteiger partial charge is 0.197 e. The summed E-state index contributed by atoms with van der Waals surface area (Å²) in [6.07, 6.45) is 0. The predicted octanol–water partition coefficient (Wildman–Crippen LogP) is 3.88. The van der Waals surface area contributed by atoms with E-state index < -0.39 is 5.06 Å². The second kappa shape index (κ2) is 3.64. The van der Waals surface area contributed by atoms with Gasteiger partial charge in [0.25, 0.3) is 0 Å². The molecule has 2 nitrogen and oxygen atoms in total. The van der Waals surface area contributed by atoms with Gasteiger partial charge in [-0.15, -0.1) is 0 Å². The van der Waals surface area contributed by atoms with E-state index in [1.54, 1.807) is 36.4 Å². The van der Waals surface area contributed by atoms with Crippen LogP contribution in [0.4, 0.5) is 0 Å². The predicted molar refractivity (Wildman–Crippen MR) is 66.8 cm³/mol. The molecule has 1 aliphatic rings. The molecule has 1 aliphatic heterocycles. The number of aliphatic hydroxyl groups is 1. The maximum absolute atomic E-state index is 10.4. The Hall–Kier alpha value is -1.22. The third kappa shape index (κ3) is 1.61. The average Bonchev–Trinajstić information content (AvgIpc) is 2.28. The van der Waals surface area contributed by atoms with Crippen molar-refractivity contribution in [3.05, 3.63) is 58.6 Å². The number of hydrogen-bond donors (Lipinski definition) is 1. The fraction of sp³-hybridized carbons (Fsp3) is 0.0769. The number of rotatable bonds is 0. The third-order valence-corrected chi connectivity index (χ3v) is 3.41. The van der Waals surface area contributed by atoms with Crippen LogP contribution in [-0.4, -0.2) is 5.11 Å². The number of para-hydroxylation sites is 1. The van der Waals surface area contributed by atoms with Gasteiger partial charge in [0, 0.05) is 16.1 Å². The number of halogens is 2. The van der Waals surface area contributed by atoms with Gasteiger partial charge in [-0.2, -0.15) is 0 Å². The lowest BCUT2D eigenvalue weighted by molar-refractivity contribution is 0.158. The molecule has 1 heterocycles. The molecule has 0 fully saturated rings. The van der Waals surface area contributed by atoms with Gasteiger partial charge in [0.1, 0.15) is 11.5 Å². The van der Waals surface area contributed by atoms with E-state index in [0.717, 1.165) is 0 Å². The maximum Gasteiger partial charge on any atom is 0.197 e. The Balaban J connectivity index is 2.26. The Morgan fingerprint density at radius 1 is 1.00 bits per heavy atom. The van der Waals surface area contributed by atoms with Crippen molar-refractivity contribution in [2.24, 2.45) is 0 Å². The number of ether oxygens (including phenoxy) is 1. The normalized spacial score (nSPS) is 21.4. The Labute approximate surface area is 108 Å². The zero-order valence-corrected chi connectivity index (χ0v) is 10.2. The fourth-order valence-corrected chi connectivity index (χ4v) is 2.42. The monoisotopic (exact) mass is 266 g/mol. The van der Waals surface area contributed by atoms with E-state index in [1.807, 2.05) is 6.07 Å². The highest BCUT2D eigenvalue weighted by molar-refractivity contribution is 6.31. The van der Waals surface area contributed by atoms with E-state index in [1.165, 1.54) is 0 Å².